The van der Waals surface area contributed by atoms with Gasteiger partial charge in [-0.15, -0.1) is 0 Å². The molecular weight excluding hydrogens is 345 g/mol. The molecule has 1 unspecified atom stereocenters. The molecule has 98 valence electrons. The molecule has 2 aromatic rings. The monoisotopic (exact) mass is 363 g/mol. The number of fused-ring (bicyclic) bond motifs is 1. The largest absolute Gasteiger partial charge is 0.282 e. The van der Waals surface area contributed by atoms with Crippen molar-refractivity contribution >= 4 is 22.6 Å². The Kier molecular flexibility index (Phi) is 3.63. The van der Waals surface area contributed by atoms with E-state index in [1.807, 2.05) is 0 Å². The molecule has 0 saturated carbocycles. The van der Waals surface area contributed by atoms with E-state index in [4.69, 9.17) is 0 Å². The molecule has 0 aromatic heterocycles. The molecule has 2 aromatic carbocycles. The molecule has 19 heavy (non-hydrogen) atoms. The number of rotatable bonds is 2. The fourth-order valence-corrected chi connectivity index (χ4v) is 4.48. The van der Waals surface area contributed by atoms with E-state index in [9.17, 15) is 0 Å². The number of alkyl halides is 1. The summed E-state index contributed by atoms with van der Waals surface area (Å²) in [5, 5.41) is 0. The molecule has 0 fully saturated rings. The second-order valence-electron chi connectivity index (χ2n) is 4.97. The molecule has 2 heteroatoms. The third-order valence-corrected chi connectivity index (χ3v) is 5.89. The Hall–Kier alpha value is -0.870. The minimum atomic E-state index is -0.0252. The highest BCUT2D eigenvalue weighted by molar-refractivity contribution is 14.1. The number of benzene rings is 2. The van der Waals surface area contributed by atoms with E-state index in [-0.39, 0.29) is 3.55 Å². The van der Waals surface area contributed by atoms with Gasteiger partial charge in [0.05, 0.1) is 0 Å². The van der Waals surface area contributed by atoms with Crippen LogP contribution in [-0.2, 0) is 9.97 Å². The SMILES string of the molecule is CCN1CCc2ccccc2C1(I)c1ccccc1. The van der Waals surface area contributed by atoms with Gasteiger partial charge in [-0.25, -0.2) is 0 Å². The van der Waals surface area contributed by atoms with Gasteiger partial charge in [-0.2, -0.15) is 0 Å². The maximum absolute atomic E-state index is 2.64. The van der Waals surface area contributed by atoms with Gasteiger partial charge in [0.2, 0.25) is 0 Å². The van der Waals surface area contributed by atoms with Crippen molar-refractivity contribution in [3.8, 4) is 0 Å². The van der Waals surface area contributed by atoms with Crippen LogP contribution in [0.25, 0.3) is 0 Å². The Balaban J connectivity index is 2.20. The quantitative estimate of drug-likeness (QED) is 0.439. The van der Waals surface area contributed by atoms with E-state index in [0.717, 1.165) is 19.5 Å². The first-order valence-electron chi connectivity index (χ1n) is 6.84. The van der Waals surface area contributed by atoms with Gasteiger partial charge in [0.25, 0.3) is 0 Å². The van der Waals surface area contributed by atoms with Crippen LogP contribution >= 0.6 is 22.6 Å². The molecule has 0 spiro atoms. The highest BCUT2D eigenvalue weighted by Gasteiger charge is 2.40. The zero-order valence-corrected chi connectivity index (χ0v) is 13.3. The van der Waals surface area contributed by atoms with Crippen molar-refractivity contribution in [1.82, 2.24) is 4.90 Å². The zero-order valence-electron chi connectivity index (χ0n) is 11.1. The van der Waals surface area contributed by atoms with Crippen molar-refractivity contribution in [3.63, 3.8) is 0 Å². The highest BCUT2D eigenvalue weighted by Crippen LogP contribution is 2.46. The van der Waals surface area contributed by atoms with Crippen molar-refractivity contribution in [1.29, 1.82) is 0 Å². The summed E-state index contributed by atoms with van der Waals surface area (Å²) in [7, 11) is 0. The predicted octanol–water partition coefficient (Wildman–Crippen LogP) is 4.20. The average Bonchev–Trinajstić information content (AvgIpc) is 2.49. The fourth-order valence-electron chi connectivity index (χ4n) is 3.01. The van der Waals surface area contributed by atoms with E-state index < -0.39 is 0 Å². The van der Waals surface area contributed by atoms with Gasteiger partial charge in [0.15, 0.2) is 0 Å². The van der Waals surface area contributed by atoms with Crippen molar-refractivity contribution in [2.75, 3.05) is 13.1 Å². The van der Waals surface area contributed by atoms with Crippen molar-refractivity contribution < 1.29 is 0 Å². The maximum atomic E-state index is 2.64. The Morgan fingerprint density at radius 3 is 2.47 bits per heavy atom. The van der Waals surface area contributed by atoms with Crippen LogP contribution in [0.15, 0.2) is 54.6 Å². The van der Waals surface area contributed by atoms with Crippen LogP contribution in [-0.4, -0.2) is 18.0 Å². The van der Waals surface area contributed by atoms with Gasteiger partial charge in [-0.3, -0.25) is 4.90 Å². The molecule has 0 radical (unpaired) electrons. The molecule has 0 bridgehead atoms. The molecule has 1 aliphatic heterocycles. The first kappa shape index (κ1) is 13.1. The van der Waals surface area contributed by atoms with Gasteiger partial charge in [-0.05, 0) is 29.7 Å². The average molecular weight is 363 g/mol. The first-order valence-corrected chi connectivity index (χ1v) is 7.92. The van der Waals surface area contributed by atoms with E-state index in [0.29, 0.717) is 0 Å². The van der Waals surface area contributed by atoms with Crippen molar-refractivity contribution in [2.24, 2.45) is 0 Å². The lowest BCUT2D eigenvalue weighted by molar-refractivity contribution is 0.211. The normalized spacial score (nSPS) is 23.1. The lowest BCUT2D eigenvalue weighted by Crippen LogP contribution is -2.47. The van der Waals surface area contributed by atoms with Crippen LogP contribution in [0.4, 0.5) is 0 Å². The molecule has 0 amide bonds. The van der Waals surface area contributed by atoms with E-state index in [1.165, 1.54) is 16.7 Å². The molecule has 0 N–H and O–H groups in total. The van der Waals surface area contributed by atoms with Gasteiger partial charge < -0.3 is 0 Å². The summed E-state index contributed by atoms with van der Waals surface area (Å²) in [5.74, 6) is 0. The molecule has 3 rings (SSSR count). The lowest BCUT2D eigenvalue weighted by Gasteiger charge is -2.44. The second-order valence-corrected chi connectivity index (χ2v) is 6.54. The van der Waals surface area contributed by atoms with Gasteiger partial charge in [0.1, 0.15) is 3.55 Å². The molecule has 0 saturated heterocycles. The third-order valence-electron chi connectivity index (χ3n) is 4.00. The standard InChI is InChI=1S/C17H18IN/c1-2-19-13-12-14-8-6-7-11-16(14)17(19,18)15-9-4-3-5-10-15/h3-11H,2,12-13H2,1H3. The summed E-state index contributed by atoms with van der Waals surface area (Å²) in [4.78, 5) is 2.57. The number of hydrogen-bond acceptors (Lipinski definition) is 1. The minimum Gasteiger partial charge on any atom is -0.282 e. The number of halogens is 1. The zero-order chi connectivity index (χ0) is 13.3. The number of likely N-dealkylation sites (N-methyl/N-ethyl adjacent to an activating group) is 1. The summed E-state index contributed by atoms with van der Waals surface area (Å²) >= 11 is 2.64. The van der Waals surface area contributed by atoms with Crippen LogP contribution in [0.2, 0.25) is 0 Å². The molecular formula is C17H18IN. The second kappa shape index (κ2) is 5.25. The Bertz CT molecular complexity index is 566. The molecule has 0 aliphatic carbocycles. The van der Waals surface area contributed by atoms with Gasteiger partial charge >= 0.3 is 0 Å². The summed E-state index contributed by atoms with van der Waals surface area (Å²) in [6.07, 6.45) is 1.15. The third kappa shape index (κ3) is 2.11. The van der Waals surface area contributed by atoms with Crippen LogP contribution in [0.5, 0.6) is 0 Å². The Morgan fingerprint density at radius 1 is 1.05 bits per heavy atom. The van der Waals surface area contributed by atoms with Crippen LogP contribution in [0.3, 0.4) is 0 Å². The van der Waals surface area contributed by atoms with Crippen molar-refractivity contribution in [3.05, 3.63) is 71.3 Å². The van der Waals surface area contributed by atoms with E-state index in [1.54, 1.807) is 0 Å². The summed E-state index contributed by atoms with van der Waals surface area (Å²) < 4.78 is -0.0252. The highest BCUT2D eigenvalue weighted by atomic mass is 127. The molecule has 1 nitrogen and oxygen atoms in total. The summed E-state index contributed by atoms with van der Waals surface area (Å²) in [6.45, 7) is 4.46. The van der Waals surface area contributed by atoms with E-state index >= 15 is 0 Å². The van der Waals surface area contributed by atoms with Crippen LogP contribution in [0.1, 0.15) is 23.6 Å². The van der Waals surface area contributed by atoms with Crippen LogP contribution < -0.4 is 0 Å². The fraction of sp³-hybridized carbons (Fsp3) is 0.294. The van der Waals surface area contributed by atoms with E-state index in [2.05, 4.69) is 89.0 Å². The molecule has 1 heterocycles. The maximum Gasteiger partial charge on any atom is 0.124 e. The first-order chi connectivity index (χ1) is 9.26. The Morgan fingerprint density at radius 2 is 1.74 bits per heavy atom. The van der Waals surface area contributed by atoms with Crippen molar-refractivity contribution in [2.45, 2.75) is 16.9 Å². The summed E-state index contributed by atoms with van der Waals surface area (Å²) in [5.41, 5.74) is 4.32. The van der Waals surface area contributed by atoms with Gasteiger partial charge in [0, 0.05) is 6.54 Å². The summed E-state index contributed by atoms with van der Waals surface area (Å²) in [6, 6.07) is 19.7. The number of nitrogens with zero attached hydrogens (tertiary/aromatic N) is 1. The van der Waals surface area contributed by atoms with Gasteiger partial charge in [-0.1, -0.05) is 84.1 Å². The number of hydrogen-bond donors (Lipinski definition) is 0. The lowest BCUT2D eigenvalue weighted by atomic mass is 9.88. The van der Waals surface area contributed by atoms with Crippen LogP contribution in [0, 0.1) is 0 Å². The smallest absolute Gasteiger partial charge is 0.124 e. The Labute approximate surface area is 128 Å². The molecule has 1 atom stereocenters. The topological polar surface area (TPSA) is 3.24 Å². The molecule has 1 aliphatic rings. The predicted molar refractivity (Wildman–Crippen MR) is 88.6 cm³/mol. The minimum absolute atomic E-state index is 0.0252.